The van der Waals surface area contributed by atoms with Gasteiger partial charge in [-0.05, 0) is 36.8 Å². The van der Waals surface area contributed by atoms with Gasteiger partial charge in [0.25, 0.3) is 0 Å². The molecule has 102 valence electrons. The van der Waals surface area contributed by atoms with Crippen LogP contribution in [0.1, 0.15) is 25.5 Å². The van der Waals surface area contributed by atoms with E-state index in [1.165, 1.54) is 5.56 Å². The van der Waals surface area contributed by atoms with Crippen molar-refractivity contribution in [2.75, 3.05) is 26.5 Å². The molecular weight excluding hydrogens is 246 g/mol. The van der Waals surface area contributed by atoms with E-state index in [9.17, 15) is 0 Å². The number of benzene rings is 1. The molecule has 0 aliphatic carbocycles. The zero-order chi connectivity index (χ0) is 13.5. The molecule has 1 rings (SSSR count). The molecule has 0 aliphatic rings. The fourth-order valence-electron chi connectivity index (χ4n) is 1.68. The molecule has 0 aliphatic heterocycles. The lowest BCUT2D eigenvalue weighted by Gasteiger charge is -2.18. The van der Waals surface area contributed by atoms with Crippen molar-refractivity contribution >= 4 is 11.8 Å². The van der Waals surface area contributed by atoms with Crippen LogP contribution in [-0.2, 0) is 0 Å². The Morgan fingerprint density at radius 3 is 2.67 bits per heavy atom. The summed E-state index contributed by atoms with van der Waals surface area (Å²) in [6, 6.07) is 6.54. The first kappa shape index (κ1) is 15.3. The van der Waals surface area contributed by atoms with E-state index >= 15 is 0 Å². The van der Waals surface area contributed by atoms with E-state index in [4.69, 9.17) is 9.84 Å². The number of hydrogen-bond donors (Lipinski definition) is 2. The SMILES string of the molecule is COc1cc(C(C)NCC(C)CO)ccc1SC. The molecule has 4 heteroatoms. The van der Waals surface area contributed by atoms with Gasteiger partial charge in [0, 0.05) is 24.1 Å². The Labute approximate surface area is 114 Å². The van der Waals surface area contributed by atoms with Gasteiger partial charge in [0.1, 0.15) is 5.75 Å². The highest BCUT2D eigenvalue weighted by Crippen LogP contribution is 2.30. The van der Waals surface area contributed by atoms with E-state index < -0.39 is 0 Å². The highest BCUT2D eigenvalue weighted by atomic mass is 32.2. The van der Waals surface area contributed by atoms with Crippen LogP contribution in [0, 0.1) is 5.92 Å². The number of aliphatic hydroxyl groups excluding tert-OH is 1. The maximum Gasteiger partial charge on any atom is 0.132 e. The number of methoxy groups -OCH3 is 1. The van der Waals surface area contributed by atoms with E-state index in [-0.39, 0.29) is 18.6 Å². The van der Waals surface area contributed by atoms with E-state index in [0.717, 1.165) is 17.2 Å². The summed E-state index contributed by atoms with van der Waals surface area (Å²) in [7, 11) is 1.70. The highest BCUT2D eigenvalue weighted by Gasteiger charge is 2.10. The van der Waals surface area contributed by atoms with Crippen molar-refractivity contribution in [3.05, 3.63) is 23.8 Å². The van der Waals surface area contributed by atoms with Crippen LogP contribution < -0.4 is 10.1 Å². The molecule has 1 aromatic rings. The van der Waals surface area contributed by atoms with Crippen molar-refractivity contribution in [1.29, 1.82) is 0 Å². The van der Waals surface area contributed by atoms with Gasteiger partial charge in [-0.2, -0.15) is 0 Å². The summed E-state index contributed by atoms with van der Waals surface area (Å²) in [6.07, 6.45) is 2.04. The minimum Gasteiger partial charge on any atom is -0.496 e. The van der Waals surface area contributed by atoms with Crippen molar-refractivity contribution in [2.24, 2.45) is 5.92 Å². The molecule has 0 bridgehead atoms. The molecule has 18 heavy (non-hydrogen) atoms. The summed E-state index contributed by atoms with van der Waals surface area (Å²) < 4.78 is 5.39. The van der Waals surface area contributed by atoms with Crippen LogP contribution in [0.3, 0.4) is 0 Å². The molecule has 0 radical (unpaired) electrons. The van der Waals surface area contributed by atoms with E-state index in [2.05, 4.69) is 30.4 Å². The molecule has 0 fully saturated rings. The summed E-state index contributed by atoms with van der Waals surface area (Å²) in [5.74, 6) is 1.20. The summed E-state index contributed by atoms with van der Waals surface area (Å²) >= 11 is 1.68. The quantitative estimate of drug-likeness (QED) is 0.747. The van der Waals surface area contributed by atoms with Crippen molar-refractivity contribution in [2.45, 2.75) is 24.8 Å². The normalized spacial score (nSPS) is 14.3. The topological polar surface area (TPSA) is 41.5 Å². The monoisotopic (exact) mass is 269 g/mol. The lowest BCUT2D eigenvalue weighted by molar-refractivity contribution is 0.231. The molecule has 0 saturated carbocycles. The largest absolute Gasteiger partial charge is 0.496 e. The van der Waals surface area contributed by atoms with Crippen LogP contribution in [0.5, 0.6) is 5.75 Å². The average Bonchev–Trinajstić information content (AvgIpc) is 2.43. The summed E-state index contributed by atoms with van der Waals surface area (Å²) in [5.41, 5.74) is 1.20. The van der Waals surface area contributed by atoms with Crippen molar-refractivity contribution in [3.63, 3.8) is 0 Å². The zero-order valence-corrected chi connectivity index (χ0v) is 12.4. The molecule has 0 heterocycles. The summed E-state index contributed by atoms with van der Waals surface area (Å²) in [4.78, 5) is 1.15. The number of ether oxygens (including phenoxy) is 1. The van der Waals surface area contributed by atoms with Crippen LogP contribution in [0.25, 0.3) is 0 Å². The van der Waals surface area contributed by atoms with Gasteiger partial charge in [-0.25, -0.2) is 0 Å². The summed E-state index contributed by atoms with van der Waals surface area (Å²) in [6.45, 7) is 5.17. The number of nitrogens with one attached hydrogen (secondary N) is 1. The molecule has 1 aromatic carbocycles. The van der Waals surface area contributed by atoms with E-state index in [1.54, 1.807) is 18.9 Å². The fourth-order valence-corrected chi connectivity index (χ4v) is 2.23. The number of thioether (sulfide) groups is 1. The molecular formula is C14H23NO2S. The highest BCUT2D eigenvalue weighted by molar-refractivity contribution is 7.98. The molecule has 0 saturated heterocycles. The Morgan fingerprint density at radius 2 is 2.11 bits per heavy atom. The predicted octanol–water partition coefficient (Wildman–Crippen LogP) is 2.70. The van der Waals surface area contributed by atoms with Crippen LogP contribution in [-0.4, -0.2) is 31.6 Å². The third kappa shape index (κ3) is 4.19. The van der Waals surface area contributed by atoms with Crippen molar-refractivity contribution in [3.8, 4) is 5.75 Å². The minimum absolute atomic E-state index is 0.217. The maximum absolute atomic E-state index is 9.01. The van der Waals surface area contributed by atoms with Gasteiger partial charge in [-0.3, -0.25) is 0 Å². The van der Waals surface area contributed by atoms with Crippen LogP contribution in [0.4, 0.5) is 0 Å². The molecule has 2 atom stereocenters. The van der Waals surface area contributed by atoms with Gasteiger partial charge in [-0.1, -0.05) is 13.0 Å². The Kier molecular flexibility index (Phi) is 6.54. The summed E-state index contributed by atoms with van der Waals surface area (Å²) in [5, 5.41) is 12.4. The Hall–Kier alpha value is -0.710. The third-order valence-electron chi connectivity index (χ3n) is 2.99. The number of aliphatic hydroxyl groups is 1. The van der Waals surface area contributed by atoms with E-state index in [0.29, 0.717) is 0 Å². The third-order valence-corrected chi connectivity index (χ3v) is 3.77. The molecule has 0 spiro atoms. The molecule has 2 unspecified atom stereocenters. The van der Waals surface area contributed by atoms with Crippen molar-refractivity contribution in [1.82, 2.24) is 5.32 Å². The second-order valence-electron chi connectivity index (χ2n) is 4.53. The van der Waals surface area contributed by atoms with Crippen LogP contribution in [0.15, 0.2) is 23.1 Å². The van der Waals surface area contributed by atoms with Gasteiger partial charge >= 0.3 is 0 Å². The Bertz CT molecular complexity index is 371. The van der Waals surface area contributed by atoms with Gasteiger partial charge in [0.05, 0.1) is 7.11 Å². The second kappa shape index (κ2) is 7.67. The van der Waals surface area contributed by atoms with Crippen molar-refractivity contribution < 1.29 is 9.84 Å². The number of rotatable bonds is 7. The smallest absolute Gasteiger partial charge is 0.132 e. The first-order valence-electron chi connectivity index (χ1n) is 6.18. The van der Waals surface area contributed by atoms with Gasteiger partial charge in [0.15, 0.2) is 0 Å². The van der Waals surface area contributed by atoms with E-state index in [1.807, 2.05) is 13.2 Å². The lowest BCUT2D eigenvalue weighted by atomic mass is 10.1. The molecule has 0 amide bonds. The Morgan fingerprint density at radius 1 is 1.39 bits per heavy atom. The van der Waals surface area contributed by atoms with Gasteiger partial charge in [-0.15, -0.1) is 11.8 Å². The standard InChI is InChI=1S/C14H23NO2S/c1-10(9-16)8-15-11(2)12-5-6-14(18-4)13(7-12)17-3/h5-7,10-11,15-16H,8-9H2,1-4H3. The number of hydrogen-bond acceptors (Lipinski definition) is 4. The Balaban J connectivity index is 2.70. The van der Waals surface area contributed by atoms with Gasteiger partial charge in [0.2, 0.25) is 0 Å². The molecule has 2 N–H and O–H groups in total. The van der Waals surface area contributed by atoms with Gasteiger partial charge < -0.3 is 15.2 Å². The first-order valence-corrected chi connectivity index (χ1v) is 7.41. The minimum atomic E-state index is 0.217. The lowest BCUT2D eigenvalue weighted by Crippen LogP contribution is -2.26. The molecule has 0 aromatic heterocycles. The zero-order valence-electron chi connectivity index (χ0n) is 11.6. The molecule has 3 nitrogen and oxygen atoms in total. The van der Waals surface area contributed by atoms with Crippen LogP contribution >= 0.6 is 11.8 Å². The van der Waals surface area contributed by atoms with Crippen LogP contribution in [0.2, 0.25) is 0 Å². The first-order chi connectivity index (χ1) is 8.62. The maximum atomic E-state index is 9.01. The fraction of sp³-hybridized carbons (Fsp3) is 0.571. The average molecular weight is 269 g/mol. The predicted molar refractivity (Wildman–Crippen MR) is 77.4 cm³/mol. The second-order valence-corrected chi connectivity index (χ2v) is 5.38.